The lowest BCUT2D eigenvalue weighted by atomic mass is 9.57. The molecule has 1 fully saturated rings. The minimum Gasteiger partial charge on any atom is -0.493 e. The smallest absolute Gasteiger partial charge is 0.165 e. The Hall–Kier alpha value is -1.52. The Morgan fingerprint density at radius 1 is 1.35 bits per heavy atom. The van der Waals surface area contributed by atoms with Crippen molar-refractivity contribution in [3.05, 3.63) is 35.4 Å². The van der Waals surface area contributed by atoms with Crippen molar-refractivity contribution in [1.29, 1.82) is 0 Å². The molecule has 4 nitrogen and oxygen atoms in total. The van der Waals surface area contributed by atoms with Gasteiger partial charge >= 0.3 is 0 Å². The predicted octanol–water partition coefficient (Wildman–Crippen LogP) is 2.27. The molecule has 1 spiro atoms. The molecule has 23 heavy (non-hydrogen) atoms. The van der Waals surface area contributed by atoms with Crippen molar-refractivity contribution >= 4 is 0 Å². The average Bonchev–Trinajstić information content (AvgIpc) is 2.89. The molecule has 0 bridgehead atoms. The van der Waals surface area contributed by atoms with E-state index in [1.165, 1.54) is 11.1 Å². The van der Waals surface area contributed by atoms with Gasteiger partial charge in [0, 0.05) is 22.9 Å². The fourth-order valence-corrected chi connectivity index (χ4v) is 4.99. The van der Waals surface area contributed by atoms with Crippen LogP contribution in [0.4, 0.5) is 0 Å². The minimum absolute atomic E-state index is 0.159. The monoisotopic (exact) mass is 315 g/mol. The number of likely N-dealkylation sites (tertiary alicyclic amines) is 1. The maximum absolute atomic E-state index is 10.6. The number of hydrogen-bond donors (Lipinski definition) is 1. The normalized spacial score (nSPS) is 38.5. The first kappa shape index (κ1) is 15.0. The van der Waals surface area contributed by atoms with E-state index in [0.717, 1.165) is 24.5 Å². The molecule has 1 aromatic carbocycles. The molecule has 0 unspecified atom stereocenters. The minimum atomic E-state index is -0.571. The van der Waals surface area contributed by atoms with Gasteiger partial charge in [-0.05, 0) is 45.5 Å². The summed E-state index contributed by atoms with van der Waals surface area (Å²) in [7, 11) is 3.86. The molecule has 1 N–H and O–H groups in total. The predicted molar refractivity (Wildman–Crippen MR) is 89.2 cm³/mol. The third-order valence-corrected chi connectivity index (χ3v) is 6.28. The molecule has 0 saturated carbocycles. The standard InChI is InChI=1S/C19H25NO3/c1-11-5-8-15(22-4)17-16(11)19-9-10-20(3)12(2)13(19)6-7-14(21)18(19)23-17/h5-8,12-14,18,21H,9-10H2,1-4H3/t12-,13+,14+,18+,19+/m1/s1. The molecule has 5 atom stereocenters. The molecule has 2 heterocycles. The van der Waals surface area contributed by atoms with E-state index in [9.17, 15) is 5.11 Å². The highest BCUT2D eigenvalue weighted by Gasteiger charge is 2.61. The van der Waals surface area contributed by atoms with Gasteiger partial charge in [-0.25, -0.2) is 0 Å². The first-order chi connectivity index (χ1) is 11.0. The van der Waals surface area contributed by atoms with Gasteiger partial charge in [0.2, 0.25) is 0 Å². The molecular formula is C19H25NO3. The second-order valence-electron chi connectivity index (χ2n) is 7.24. The van der Waals surface area contributed by atoms with Crippen LogP contribution in [-0.4, -0.2) is 49.0 Å². The zero-order valence-electron chi connectivity index (χ0n) is 14.2. The lowest BCUT2D eigenvalue weighted by molar-refractivity contribution is -0.0369. The number of aliphatic hydroxyl groups is 1. The van der Waals surface area contributed by atoms with Gasteiger partial charge in [-0.15, -0.1) is 0 Å². The van der Waals surface area contributed by atoms with Crippen LogP contribution in [0.5, 0.6) is 11.5 Å². The molecule has 1 saturated heterocycles. The highest BCUT2D eigenvalue weighted by atomic mass is 16.5. The van der Waals surface area contributed by atoms with Crippen LogP contribution >= 0.6 is 0 Å². The van der Waals surface area contributed by atoms with Crippen molar-refractivity contribution in [2.24, 2.45) is 5.92 Å². The fraction of sp³-hybridized carbons (Fsp3) is 0.579. The van der Waals surface area contributed by atoms with Gasteiger partial charge in [0.15, 0.2) is 11.5 Å². The number of benzene rings is 1. The average molecular weight is 315 g/mol. The summed E-state index contributed by atoms with van der Waals surface area (Å²) in [5.74, 6) is 1.94. The Bertz CT molecular complexity index is 671. The van der Waals surface area contributed by atoms with Crippen molar-refractivity contribution < 1.29 is 14.6 Å². The van der Waals surface area contributed by atoms with Crippen molar-refractivity contribution in [1.82, 2.24) is 4.90 Å². The van der Waals surface area contributed by atoms with Crippen LogP contribution in [-0.2, 0) is 5.41 Å². The SMILES string of the molecule is COc1ccc(C)c2c1O[C@H]1[C@@H](O)C=C[C@H]3[C@@H](C)N(C)CC[C@@]231. The molecule has 124 valence electrons. The summed E-state index contributed by atoms with van der Waals surface area (Å²) in [6, 6.07) is 4.49. The first-order valence-corrected chi connectivity index (χ1v) is 8.42. The van der Waals surface area contributed by atoms with Crippen LogP contribution in [0.2, 0.25) is 0 Å². The van der Waals surface area contributed by atoms with E-state index in [4.69, 9.17) is 9.47 Å². The van der Waals surface area contributed by atoms with Crippen molar-refractivity contribution in [3.63, 3.8) is 0 Å². The number of aryl methyl sites for hydroxylation is 1. The van der Waals surface area contributed by atoms with E-state index in [0.29, 0.717) is 12.0 Å². The largest absolute Gasteiger partial charge is 0.493 e. The Morgan fingerprint density at radius 3 is 2.87 bits per heavy atom. The van der Waals surface area contributed by atoms with Gasteiger partial charge in [-0.1, -0.05) is 18.2 Å². The van der Waals surface area contributed by atoms with Crippen molar-refractivity contribution in [3.8, 4) is 11.5 Å². The topological polar surface area (TPSA) is 41.9 Å². The second kappa shape index (κ2) is 4.99. The van der Waals surface area contributed by atoms with Crippen LogP contribution in [0.25, 0.3) is 0 Å². The van der Waals surface area contributed by atoms with E-state index in [2.05, 4.69) is 37.9 Å². The molecule has 0 aromatic heterocycles. The van der Waals surface area contributed by atoms with Crippen LogP contribution in [0.3, 0.4) is 0 Å². The molecule has 1 aliphatic carbocycles. The number of hydrogen-bond acceptors (Lipinski definition) is 4. The highest BCUT2D eigenvalue weighted by Crippen LogP contribution is 2.59. The zero-order chi connectivity index (χ0) is 16.4. The Morgan fingerprint density at radius 2 is 2.13 bits per heavy atom. The van der Waals surface area contributed by atoms with Crippen molar-refractivity contribution in [2.45, 2.75) is 43.9 Å². The van der Waals surface area contributed by atoms with Crippen LogP contribution < -0.4 is 9.47 Å². The molecule has 4 heteroatoms. The number of methoxy groups -OCH3 is 1. The molecule has 3 aliphatic rings. The van der Waals surface area contributed by atoms with Crippen LogP contribution in [0.15, 0.2) is 24.3 Å². The summed E-state index contributed by atoms with van der Waals surface area (Å²) in [5.41, 5.74) is 2.32. The zero-order valence-corrected chi connectivity index (χ0v) is 14.2. The quantitative estimate of drug-likeness (QED) is 0.807. The summed E-state index contributed by atoms with van der Waals surface area (Å²) in [4.78, 5) is 2.41. The van der Waals surface area contributed by atoms with E-state index < -0.39 is 6.10 Å². The summed E-state index contributed by atoms with van der Waals surface area (Å²) in [5, 5.41) is 10.6. The Labute approximate surface area is 137 Å². The highest BCUT2D eigenvalue weighted by molar-refractivity contribution is 5.60. The van der Waals surface area contributed by atoms with Crippen molar-refractivity contribution in [2.75, 3.05) is 20.7 Å². The molecule has 0 radical (unpaired) electrons. The maximum atomic E-state index is 10.6. The van der Waals surface area contributed by atoms with Gasteiger partial charge in [-0.2, -0.15) is 0 Å². The van der Waals surface area contributed by atoms with Gasteiger partial charge < -0.3 is 19.5 Å². The molecular weight excluding hydrogens is 290 g/mol. The summed E-state index contributed by atoms with van der Waals surface area (Å²) < 4.78 is 11.9. The molecule has 1 aromatic rings. The molecule has 4 rings (SSSR count). The number of fused-ring (bicyclic) bond motifs is 1. The van der Waals surface area contributed by atoms with E-state index in [1.54, 1.807) is 7.11 Å². The summed E-state index contributed by atoms with van der Waals surface area (Å²) >= 11 is 0. The number of rotatable bonds is 1. The third-order valence-electron chi connectivity index (χ3n) is 6.28. The third kappa shape index (κ3) is 1.79. The van der Waals surface area contributed by atoms with E-state index in [1.807, 2.05) is 12.1 Å². The second-order valence-corrected chi connectivity index (χ2v) is 7.24. The summed E-state index contributed by atoms with van der Waals surface area (Å²) in [6.45, 7) is 5.43. The van der Waals surface area contributed by atoms with Gasteiger partial charge in [0.05, 0.1) is 7.11 Å². The van der Waals surface area contributed by atoms with Crippen LogP contribution in [0, 0.1) is 12.8 Å². The van der Waals surface area contributed by atoms with Gasteiger partial charge in [0.25, 0.3) is 0 Å². The number of aliphatic hydroxyl groups excluding tert-OH is 1. The first-order valence-electron chi connectivity index (χ1n) is 8.42. The Kier molecular flexibility index (Phi) is 3.26. The number of ether oxygens (including phenoxy) is 2. The fourth-order valence-electron chi connectivity index (χ4n) is 4.99. The van der Waals surface area contributed by atoms with E-state index in [-0.39, 0.29) is 11.5 Å². The van der Waals surface area contributed by atoms with Crippen LogP contribution in [0.1, 0.15) is 24.5 Å². The lowest BCUT2D eigenvalue weighted by Gasteiger charge is -2.52. The maximum Gasteiger partial charge on any atom is 0.165 e. The lowest BCUT2D eigenvalue weighted by Crippen LogP contribution is -2.61. The number of nitrogens with zero attached hydrogens (tertiary/aromatic N) is 1. The molecule has 2 aliphatic heterocycles. The summed E-state index contributed by atoms with van der Waals surface area (Å²) in [6.07, 6.45) is 4.32. The number of piperidine rings is 1. The van der Waals surface area contributed by atoms with Gasteiger partial charge in [-0.3, -0.25) is 0 Å². The molecule has 0 amide bonds. The van der Waals surface area contributed by atoms with E-state index >= 15 is 0 Å². The van der Waals surface area contributed by atoms with Gasteiger partial charge in [0.1, 0.15) is 12.2 Å². The Balaban J connectivity index is 1.97.